The summed E-state index contributed by atoms with van der Waals surface area (Å²) >= 11 is 0. The zero-order valence-corrected chi connectivity index (χ0v) is 22.5. The van der Waals surface area contributed by atoms with Gasteiger partial charge in [0.15, 0.2) is 0 Å². The number of carbonyl (C=O) groups excluding carboxylic acids is 2. The Bertz CT molecular complexity index is 1290. The van der Waals surface area contributed by atoms with Crippen molar-refractivity contribution in [1.82, 2.24) is 10.2 Å². The summed E-state index contributed by atoms with van der Waals surface area (Å²) in [6.07, 6.45) is 2.65. The van der Waals surface area contributed by atoms with Crippen LogP contribution >= 0.6 is 0 Å². The first kappa shape index (κ1) is 27.2. The van der Waals surface area contributed by atoms with E-state index < -0.39 is 5.60 Å². The lowest BCUT2D eigenvalue weighted by Gasteiger charge is -2.24. The monoisotopic (exact) mass is 516 g/mol. The number of esters is 1. The van der Waals surface area contributed by atoms with Crippen LogP contribution in [0, 0.1) is 0 Å². The highest BCUT2D eigenvalue weighted by atomic mass is 16.6. The maximum atomic E-state index is 12.5. The number of ether oxygens (including phenoxy) is 3. The topological polar surface area (TPSA) is 77.1 Å². The molecule has 1 amide bonds. The Kier molecular flexibility index (Phi) is 8.69. The summed E-state index contributed by atoms with van der Waals surface area (Å²) in [6, 6.07) is 21.6. The van der Waals surface area contributed by atoms with Crippen LogP contribution in [-0.2, 0) is 9.47 Å². The molecule has 0 aromatic heterocycles. The standard InChI is InChI=1S/C31H36N2O5/c1-31(2,3)38-30(35)33-17-16-26(20-33)32-19-23(18-22-12-14-25(15-13-22)29(34)36-4)21-37-28-11-7-9-24-8-5-6-10-27(24)28/h5-15,18,26,32H,16-17,19-21H2,1-4H3. The molecule has 0 aliphatic carbocycles. The molecule has 7 nitrogen and oxygen atoms in total. The highest BCUT2D eigenvalue weighted by molar-refractivity contribution is 5.89. The van der Waals surface area contributed by atoms with E-state index in [0.29, 0.717) is 31.8 Å². The van der Waals surface area contributed by atoms with Crippen molar-refractivity contribution in [2.75, 3.05) is 33.4 Å². The first-order valence-electron chi connectivity index (χ1n) is 12.9. The van der Waals surface area contributed by atoms with Gasteiger partial charge in [-0.05, 0) is 61.9 Å². The van der Waals surface area contributed by atoms with Gasteiger partial charge in [-0.1, -0.05) is 54.6 Å². The first-order valence-corrected chi connectivity index (χ1v) is 12.9. The third-order valence-corrected chi connectivity index (χ3v) is 6.32. The van der Waals surface area contributed by atoms with Gasteiger partial charge >= 0.3 is 12.1 Å². The molecule has 3 aromatic carbocycles. The molecule has 0 bridgehead atoms. The summed E-state index contributed by atoms with van der Waals surface area (Å²) in [5.74, 6) is 0.462. The Labute approximate surface area is 224 Å². The lowest BCUT2D eigenvalue weighted by Crippen LogP contribution is -2.39. The number of benzene rings is 3. The fourth-order valence-electron chi connectivity index (χ4n) is 4.40. The van der Waals surface area contributed by atoms with Crippen LogP contribution in [0.5, 0.6) is 5.75 Å². The second-order valence-electron chi connectivity index (χ2n) is 10.5. The van der Waals surface area contributed by atoms with E-state index in [0.717, 1.165) is 34.1 Å². The quantitative estimate of drug-likeness (QED) is 0.388. The first-order chi connectivity index (χ1) is 18.2. The average Bonchev–Trinajstić information content (AvgIpc) is 3.38. The summed E-state index contributed by atoms with van der Waals surface area (Å²) in [5.41, 5.74) is 1.99. The number of likely N-dealkylation sites (tertiary alicyclic amines) is 1. The Hall–Kier alpha value is -3.84. The van der Waals surface area contributed by atoms with E-state index in [2.05, 4.69) is 29.6 Å². The zero-order chi connectivity index (χ0) is 27.1. The molecule has 1 unspecified atom stereocenters. The molecule has 3 aromatic rings. The molecule has 1 fully saturated rings. The van der Waals surface area contributed by atoms with Crippen LogP contribution in [0.1, 0.15) is 43.1 Å². The minimum Gasteiger partial charge on any atom is -0.489 e. The van der Waals surface area contributed by atoms with Crippen molar-refractivity contribution >= 4 is 28.9 Å². The summed E-state index contributed by atoms with van der Waals surface area (Å²) in [6.45, 7) is 7.87. The Morgan fingerprint density at radius 3 is 2.50 bits per heavy atom. The van der Waals surface area contributed by atoms with Gasteiger partial charge < -0.3 is 24.4 Å². The number of nitrogens with one attached hydrogen (secondary N) is 1. The van der Waals surface area contributed by atoms with E-state index in [4.69, 9.17) is 14.2 Å². The largest absolute Gasteiger partial charge is 0.489 e. The molecular formula is C31H36N2O5. The average molecular weight is 517 g/mol. The number of carbonyl (C=O) groups is 2. The molecule has 1 N–H and O–H groups in total. The summed E-state index contributed by atoms with van der Waals surface area (Å²) in [5, 5.41) is 5.78. The van der Waals surface area contributed by atoms with E-state index in [9.17, 15) is 9.59 Å². The third kappa shape index (κ3) is 7.35. The van der Waals surface area contributed by atoms with Crippen LogP contribution in [0.25, 0.3) is 16.8 Å². The molecule has 38 heavy (non-hydrogen) atoms. The van der Waals surface area contributed by atoms with Crippen molar-refractivity contribution in [1.29, 1.82) is 0 Å². The molecular weight excluding hydrogens is 480 g/mol. The van der Waals surface area contributed by atoms with Crippen LogP contribution in [0.15, 0.2) is 72.3 Å². The van der Waals surface area contributed by atoms with Crippen molar-refractivity contribution in [2.45, 2.75) is 38.8 Å². The van der Waals surface area contributed by atoms with Gasteiger partial charge in [0.25, 0.3) is 0 Å². The van der Waals surface area contributed by atoms with Gasteiger partial charge in [0, 0.05) is 31.1 Å². The molecule has 1 atom stereocenters. The predicted octanol–water partition coefficient (Wildman–Crippen LogP) is 5.69. The Balaban J connectivity index is 1.46. The van der Waals surface area contributed by atoms with Gasteiger partial charge in [0.1, 0.15) is 18.0 Å². The fraction of sp³-hybridized carbons (Fsp3) is 0.355. The number of nitrogens with zero attached hydrogens (tertiary/aromatic N) is 1. The molecule has 7 heteroatoms. The lowest BCUT2D eigenvalue weighted by molar-refractivity contribution is 0.0291. The minimum atomic E-state index is -0.513. The van der Waals surface area contributed by atoms with Crippen LogP contribution in [0.4, 0.5) is 4.79 Å². The number of fused-ring (bicyclic) bond motifs is 1. The maximum absolute atomic E-state index is 12.5. The zero-order valence-electron chi connectivity index (χ0n) is 22.5. The van der Waals surface area contributed by atoms with Crippen LogP contribution in [0.2, 0.25) is 0 Å². The van der Waals surface area contributed by atoms with Crippen molar-refractivity contribution in [3.63, 3.8) is 0 Å². The molecule has 1 aliphatic heterocycles. The molecule has 1 saturated heterocycles. The van der Waals surface area contributed by atoms with Crippen LogP contribution in [0.3, 0.4) is 0 Å². The second-order valence-corrected chi connectivity index (χ2v) is 10.5. The minimum absolute atomic E-state index is 0.158. The summed E-state index contributed by atoms with van der Waals surface area (Å²) in [4.78, 5) is 26.0. The van der Waals surface area contributed by atoms with Crippen LogP contribution in [-0.4, -0.2) is 62.0 Å². The van der Waals surface area contributed by atoms with E-state index in [1.54, 1.807) is 17.0 Å². The van der Waals surface area contributed by atoms with Gasteiger partial charge in [0.2, 0.25) is 0 Å². The summed E-state index contributed by atoms with van der Waals surface area (Å²) in [7, 11) is 1.37. The molecule has 0 saturated carbocycles. The number of methoxy groups -OCH3 is 1. The van der Waals surface area contributed by atoms with Gasteiger partial charge in [-0.3, -0.25) is 0 Å². The van der Waals surface area contributed by atoms with Crippen molar-refractivity contribution < 1.29 is 23.8 Å². The fourth-order valence-corrected chi connectivity index (χ4v) is 4.40. The second kappa shape index (κ2) is 12.1. The predicted molar refractivity (Wildman–Crippen MR) is 149 cm³/mol. The molecule has 200 valence electrons. The highest BCUT2D eigenvalue weighted by Gasteiger charge is 2.29. The number of rotatable bonds is 8. The van der Waals surface area contributed by atoms with Crippen LogP contribution < -0.4 is 10.1 Å². The maximum Gasteiger partial charge on any atom is 0.410 e. The lowest BCUT2D eigenvalue weighted by atomic mass is 10.1. The smallest absolute Gasteiger partial charge is 0.410 e. The van der Waals surface area contributed by atoms with Gasteiger partial charge in [-0.2, -0.15) is 0 Å². The number of hydrogen-bond acceptors (Lipinski definition) is 6. The molecule has 0 radical (unpaired) electrons. The van der Waals surface area contributed by atoms with Crippen molar-refractivity contribution in [3.05, 3.63) is 83.4 Å². The molecule has 1 heterocycles. The van der Waals surface area contributed by atoms with E-state index >= 15 is 0 Å². The van der Waals surface area contributed by atoms with E-state index in [1.807, 2.05) is 57.2 Å². The van der Waals surface area contributed by atoms with Crippen molar-refractivity contribution in [2.24, 2.45) is 0 Å². The molecule has 4 rings (SSSR count). The Morgan fingerprint density at radius 2 is 1.76 bits per heavy atom. The van der Waals surface area contributed by atoms with E-state index in [-0.39, 0.29) is 18.1 Å². The molecule has 1 aliphatic rings. The van der Waals surface area contributed by atoms with Gasteiger partial charge in [0.05, 0.1) is 12.7 Å². The van der Waals surface area contributed by atoms with Gasteiger partial charge in [-0.15, -0.1) is 0 Å². The SMILES string of the molecule is COC(=O)c1ccc(C=C(CNC2CCN(C(=O)OC(C)(C)C)C2)COc2cccc3ccccc23)cc1. The summed E-state index contributed by atoms with van der Waals surface area (Å²) < 4.78 is 16.6. The normalized spacial score (nSPS) is 15.9. The number of hydrogen-bond donors (Lipinski definition) is 1. The highest BCUT2D eigenvalue weighted by Crippen LogP contribution is 2.26. The third-order valence-electron chi connectivity index (χ3n) is 6.32. The Morgan fingerprint density at radius 1 is 1.03 bits per heavy atom. The van der Waals surface area contributed by atoms with Crippen molar-refractivity contribution in [3.8, 4) is 5.75 Å². The number of amides is 1. The van der Waals surface area contributed by atoms with Gasteiger partial charge in [-0.25, -0.2) is 9.59 Å². The molecule has 0 spiro atoms. The van der Waals surface area contributed by atoms with E-state index in [1.165, 1.54) is 7.11 Å².